The third kappa shape index (κ3) is 2.60. The van der Waals surface area contributed by atoms with Crippen LogP contribution in [0.5, 0.6) is 0 Å². The molecule has 2 saturated heterocycles. The normalized spacial score (nSPS) is 49.3. The minimum Gasteiger partial charge on any atom is -0.370 e. The summed E-state index contributed by atoms with van der Waals surface area (Å²) in [6.45, 7) is 0. The van der Waals surface area contributed by atoms with Crippen LogP contribution in [0.2, 0.25) is 0 Å². The van der Waals surface area contributed by atoms with Gasteiger partial charge in [-0.2, -0.15) is 0 Å². The van der Waals surface area contributed by atoms with Crippen LogP contribution in [-0.2, 0) is 9.47 Å². The molecular weight excluding hydrogens is 224 g/mol. The molecule has 0 amide bonds. The van der Waals surface area contributed by atoms with Crippen molar-refractivity contribution in [2.75, 3.05) is 0 Å². The van der Waals surface area contributed by atoms with Crippen molar-refractivity contribution in [2.24, 2.45) is 11.8 Å². The first kappa shape index (κ1) is 11.7. The highest BCUT2D eigenvalue weighted by molar-refractivity contribution is 4.92. The Morgan fingerprint density at radius 2 is 1.11 bits per heavy atom. The van der Waals surface area contributed by atoms with Crippen molar-refractivity contribution in [3.8, 4) is 0 Å². The van der Waals surface area contributed by atoms with E-state index in [1.165, 1.54) is 64.2 Å². The zero-order chi connectivity index (χ0) is 11.9. The van der Waals surface area contributed by atoms with Crippen LogP contribution >= 0.6 is 0 Å². The lowest BCUT2D eigenvalue weighted by atomic mass is 9.83. The van der Waals surface area contributed by atoms with Crippen LogP contribution in [0, 0.1) is 11.8 Å². The SMILES string of the molecule is C(CCC1CCC2OC2C1)CC1CCC2OC2C1. The predicted octanol–water partition coefficient (Wildman–Crippen LogP) is 3.68. The van der Waals surface area contributed by atoms with E-state index in [1.807, 2.05) is 0 Å². The molecule has 0 spiro atoms. The second-order valence-electron chi connectivity index (χ2n) is 7.07. The Morgan fingerprint density at radius 1 is 0.611 bits per heavy atom. The Bertz CT molecular complexity index is 273. The van der Waals surface area contributed by atoms with Crippen LogP contribution in [0.4, 0.5) is 0 Å². The van der Waals surface area contributed by atoms with E-state index in [0.717, 1.165) is 11.8 Å². The van der Waals surface area contributed by atoms with Gasteiger partial charge in [0.05, 0.1) is 24.4 Å². The van der Waals surface area contributed by atoms with Gasteiger partial charge in [0.25, 0.3) is 0 Å². The lowest BCUT2D eigenvalue weighted by Gasteiger charge is -2.21. The molecule has 0 aromatic carbocycles. The van der Waals surface area contributed by atoms with Gasteiger partial charge in [0.15, 0.2) is 0 Å². The van der Waals surface area contributed by atoms with Crippen LogP contribution in [0.15, 0.2) is 0 Å². The quantitative estimate of drug-likeness (QED) is 0.549. The molecule has 18 heavy (non-hydrogen) atoms. The van der Waals surface area contributed by atoms with Crippen LogP contribution in [0.3, 0.4) is 0 Å². The highest BCUT2D eigenvalue weighted by Gasteiger charge is 2.44. The maximum Gasteiger partial charge on any atom is 0.0844 e. The molecule has 6 unspecified atom stereocenters. The Hall–Kier alpha value is -0.0800. The summed E-state index contributed by atoms with van der Waals surface area (Å²) in [4.78, 5) is 0. The Morgan fingerprint density at radius 3 is 1.56 bits per heavy atom. The van der Waals surface area contributed by atoms with Crippen molar-refractivity contribution in [3.63, 3.8) is 0 Å². The fourth-order valence-corrected chi connectivity index (χ4v) is 4.36. The minimum absolute atomic E-state index is 0.672. The van der Waals surface area contributed by atoms with Crippen LogP contribution in [0.25, 0.3) is 0 Å². The number of fused-ring (bicyclic) bond motifs is 2. The molecular formula is C16H26O2. The van der Waals surface area contributed by atoms with Gasteiger partial charge in [-0.05, 0) is 50.4 Å². The van der Waals surface area contributed by atoms with Crippen molar-refractivity contribution in [3.05, 3.63) is 0 Å². The molecule has 102 valence electrons. The second-order valence-corrected chi connectivity index (χ2v) is 7.07. The van der Waals surface area contributed by atoms with Gasteiger partial charge in [-0.1, -0.05) is 25.7 Å². The summed E-state index contributed by atoms with van der Waals surface area (Å²) < 4.78 is 11.2. The van der Waals surface area contributed by atoms with E-state index in [9.17, 15) is 0 Å². The fraction of sp³-hybridized carbons (Fsp3) is 1.00. The zero-order valence-electron chi connectivity index (χ0n) is 11.4. The standard InChI is InChI=1S/C16H26O2/c1(3-11-5-7-13-15(9-11)17-13)2-4-12-6-8-14-16(10-12)18-14/h11-16H,1-10H2. The van der Waals surface area contributed by atoms with Gasteiger partial charge in [-0.3, -0.25) is 0 Å². The van der Waals surface area contributed by atoms with E-state index >= 15 is 0 Å². The van der Waals surface area contributed by atoms with Crippen molar-refractivity contribution in [1.29, 1.82) is 0 Å². The average molecular weight is 250 g/mol. The third-order valence-electron chi connectivity index (χ3n) is 5.70. The molecule has 4 rings (SSSR count). The van der Waals surface area contributed by atoms with Gasteiger partial charge in [0.2, 0.25) is 0 Å². The molecule has 0 bridgehead atoms. The number of hydrogen-bond acceptors (Lipinski definition) is 2. The zero-order valence-corrected chi connectivity index (χ0v) is 11.4. The van der Waals surface area contributed by atoms with Crippen molar-refractivity contribution >= 4 is 0 Å². The van der Waals surface area contributed by atoms with Gasteiger partial charge in [-0.15, -0.1) is 0 Å². The molecule has 0 aromatic rings. The van der Waals surface area contributed by atoms with Gasteiger partial charge < -0.3 is 9.47 Å². The van der Waals surface area contributed by atoms with E-state index in [4.69, 9.17) is 9.47 Å². The Balaban J connectivity index is 1.10. The van der Waals surface area contributed by atoms with Crippen LogP contribution in [-0.4, -0.2) is 24.4 Å². The van der Waals surface area contributed by atoms with Crippen LogP contribution < -0.4 is 0 Å². The first-order valence-electron chi connectivity index (χ1n) is 8.19. The van der Waals surface area contributed by atoms with Crippen LogP contribution in [0.1, 0.15) is 64.2 Å². The Labute approximate surface area is 110 Å². The van der Waals surface area contributed by atoms with Gasteiger partial charge in [0, 0.05) is 0 Å². The topological polar surface area (TPSA) is 25.1 Å². The predicted molar refractivity (Wildman–Crippen MR) is 70.5 cm³/mol. The average Bonchev–Trinajstić information content (AvgIpc) is 3.26. The number of hydrogen-bond donors (Lipinski definition) is 0. The van der Waals surface area contributed by atoms with Gasteiger partial charge in [-0.25, -0.2) is 0 Å². The van der Waals surface area contributed by atoms with Gasteiger partial charge in [0.1, 0.15) is 0 Å². The molecule has 2 heterocycles. The van der Waals surface area contributed by atoms with Crippen molar-refractivity contribution in [1.82, 2.24) is 0 Å². The fourth-order valence-electron chi connectivity index (χ4n) is 4.36. The molecule has 2 saturated carbocycles. The molecule has 6 atom stereocenters. The third-order valence-corrected chi connectivity index (χ3v) is 5.70. The Kier molecular flexibility index (Phi) is 3.12. The maximum atomic E-state index is 5.61. The summed E-state index contributed by atoms with van der Waals surface area (Å²) in [6, 6.07) is 0. The summed E-state index contributed by atoms with van der Waals surface area (Å²) in [5.74, 6) is 1.97. The number of rotatable bonds is 5. The highest BCUT2D eigenvalue weighted by atomic mass is 16.6. The van der Waals surface area contributed by atoms with Gasteiger partial charge >= 0.3 is 0 Å². The molecule has 2 nitrogen and oxygen atoms in total. The summed E-state index contributed by atoms with van der Waals surface area (Å²) in [5, 5.41) is 0. The highest BCUT2D eigenvalue weighted by Crippen LogP contribution is 2.42. The first-order chi connectivity index (χ1) is 8.88. The summed E-state index contributed by atoms with van der Waals surface area (Å²) in [6.07, 6.45) is 16.8. The minimum atomic E-state index is 0.672. The molecule has 0 radical (unpaired) electrons. The maximum absolute atomic E-state index is 5.61. The summed E-state index contributed by atoms with van der Waals surface area (Å²) in [7, 11) is 0. The summed E-state index contributed by atoms with van der Waals surface area (Å²) >= 11 is 0. The number of ether oxygens (including phenoxy) is 2. The smallest absolute Gasteiger partial charge is 0.0844 e. The second kappa shape index (κ2) is 4.79. The number of unbranched alkanes of at least 4 members (excludes halogenated alkanes) is 1. The van der Waals surface area contributed by atoms with E-state index in [1.54, 1.807) is 0 Å². The molecule has 2 aliphatic carbocycles. The molecule has 4 fully saturated rings. The van der Waals surface area contributed by atoms with E-state index in [-0.39, 0.29) is 0 Å². The molecule has 4 aliphatic rings. The number of epoxide rings is 2. The van der Waals surface area contributed by atoms with E-state index in [0.29, 0.717) is 24.4 Å². The first-order valence-corrected chi connectivity index (χ1v) is 8.19. The summed E-state index contributed by atoms with van der Waals surface area (Å²) in [5.41, 5.74) is 0. The van der Waals surface area contributed by atoms with E-state index in [2.05, 4.69) is 0 Å². The molecule has 0 N–H and O–H groups in total. The molecule has 2 aliphatic heterocycles. The lowest BCUT2D eigenvalue weighted by Crippen LogP contribution is -2.14. The lowest BCUT2D eigenvalue weighted by molar-refractivity contribution is 0.320. The van der Waals surface area contributed by atoms with Crippen molar-refractivity contribution < 1.29 is 9.47 Å². The molecule has 0 aromatic heterocycles. The monoisotopic (exact) mass is 250 g/mol. The molecule has 2 heteroatoms. The van der Waals surface area contributed by atoms with Crippen molar-refractivity contribution in [2.45, 2.75) is 88.6 Å². The van der Waals surface area contributed by atoms with E-state index < -0.39 is 0 Å². The largest absolute Gasteiger partial charge is 0.370 e.